The second kappa shape index (κ2) is 7.24. The van der Waals surface area contributed by atoms with E-state index in [9.17, 15) is 4.79 Å². The Hall–Kier alpha value is -1.75. The van der Waals surface area contributed by atoms with Crippen LogP contribution < -0.4 is 4.74 Å². The van der Waals surface area contributed by atoms with Crippen molar-refractivity contribution in [3.63, 3.8) is 0 Å². The lowest BCUT2D eigenvalue weighted by Gasteiger charge is -2.38. The largest absolute Gasteiger partial charge is 0.497 e. The highest BCUT2D eigenvalue weighted by Crippen LogP contribution is 2.33. The van der Waals surface area contributed by atoms with Gasteiger partial charge in [0, 0.05) is 19.6 Å². The molecule has 2 unspecified atom stereocenters. The summed E-state index contributed by atoms with van der Waals surface area (Å²) in [5.41, 5.74) is 0.841. The van der Waals surface area contributed by atoms with Gasteiger partial charge in [-0.15, -0.1) is 0 Å². The average molecular weight is 346 g/mol. The Balaban J connectivity index is 1.61. The van der Waals surface area contributed by atoms with Crippen molar-refractivity contribution >= 4 is 6.09 Å². The van der Waals surface area contributed by atoms with E-state index in [1.807, 2.05) is 37.8 Å². The van der Waals surface area contributed by atoms with Crippen LogP contribution in [0.5, 0.6) is 5.75 Å². The van der Waals surface area contributed by atoms with Gasteiger partial charge < -0.3 is 14.4 Å². The molecule has 0 N–H and O–H groups in total. The van der Waals surface area contributed by atoms with Crippen molar-refractivity contribution in [1.29, 1.82) is 0 Å². The molecule has 1 aromatic carbocycles. The summed E-state index contributed by atoms with van der Waals surface area (Å²) >= 11 is 0. The van der Waals surface area contributed by atoms with E-state index < -0.39 is 5.60 Å². The maximum atomic E-state index is 12.5. The fraction of sp³-hybridized carbons (Fsp3) is 0.650. The van der Waals surface area contributed by atoms with Crippen LogP contribution in [0.4, 0.5) is 4.79 Å². The highest BCUT2D eigenvalue weighted by atomic mass is 16.6. The van der Waals surface area contributed by atoms with Crippen LogP contribution in [0.1, 0.15) is 39.2 Å². The summed E-state index contributed by atoms with van der Waals surface area (Å²) in [6, 6.07) is 8.52. The van der Waals surface area contributed by atoms with Crippen LogP contribution in [-0.4, -0.2) is 54.3 Å². The summed E-state index contributed by atoms with van der Waals surface area (Å²) in [5.74, 6) is 1.49. The van der Waals surface area contributed by atoms with E-state index in [2.05, 4.69) is 17.0 Å². The fourth-order valence-corrected chi connectivity index (χ4v) is 3.89. The summed E-state index contributed by atoms with van der Waals surface area (Å²) in [4.78, 5) is 16.9. The van der Waals surface area contributed by atoms with Gasteiger partial charge in [0.2, 0.25) is 0 Å². The van der Waals surface area contributed by atoms with Gasteiger partial charge in [-0.2, -0.15) is 0 Å². The van der Waals surface area contributed by atoms with Gasteiger partial charge in [-0.1, -0.05) is 12.1 Å². The van der Waals surface area contributed by atoms with Gasteiger partial charge in [-0.3, -0.25) is 4.90 Å². The zero-order valence-electron chi connectivity index (χ0n) is 15.8. The van der Waals surface area contributed by atoms with Crippen molar-refractivity contribution in [3.05, 3.63) is 29.8 Å². The Kier molecular flexibility index (Phi) is 5.23. The number of nitrogens with zero attached hydrogens (tertiary/aromatic N) is 2. The van der Waals surface area contributed by atoms with Crippen molar-refractivity contribution in [2.45, 2.75) is 51.8 Å². The molecule has 2 fully saturated rings. The standard InChI is InChI=1S/C20H30N2O3/c1-20(2,3)25-19(23)22-12-10-16-9-11-21(14-18(16)22)13-15-5-7-17(24-4)8-6-15/h5-8,16,18H,9-14H2,1-4H3. The Morgan fingerprint density at radius 1 is 1.16 bits per heavy atom. The van der Waals surface area contributed by atoms with Gasteiger partial charge in [0.05, 0.1) is 13.2 Å². The summed E-state index contributed by atoms with van der Waals surface area (Å²) in [7, 11) is 1.69. The van der Waals surface area contributed by atoms with Crippen molar-refractivity contribution in [3.8, 4) is 5.75 Å². The summed E-state index contributed by atoms with van der Waals surface area (Å²) < 4.78 is 10.8. The number of carbonyl (C=O) groups excluding carboxylic acids is 1. The molecule has 138 valence electrons. The highest BCUT2D eigenvalue weighted by molar-refractivity contribution is 5.69. The molecule has 2 atom stereocenters. The molecule has 1 aromatic rings. The van der Waals surface area contributed by atoms with Crippen LogP contribution in [0.2, 0.25) is 0 Å². The summed E-state index contributed by atoms with van der Waals surface area (Å²) in [6.07, 6.45) is 2.09. The van der Waals surface area contributed by atoms with E-state index in [0.29, 0.717) is 5.92 Å². The smallest absolute Gasteiger partial charge is 0.410 e. The Morgan fingerprint density at radius 3 is 2.48 bits per heavy atom. The molecule has 2 heterocycles. The fourth-order valence-electron chi connectivity index (χ4n) is 3.89. The molecule has 0 aliphatic carbocycles. The first-order valence-electron chi connectivity index (χ1n) is 9.20. The monoisotopic (exact) mass is 346 g/mol. The number of benzene rings is 1. The number of methoxy groups -OCH3 is 1. The maximum Gasteiger partial charge on any atom is 0.410 e. The SMILES string of the molecule is COc1ccc(CN2CCC3CCN(C(=O)OC(C)(C)C)C3C2)cc1. The van der Waals surface area contributed by atoms with Crippen LogP contribution >= 0.6 is 0 Å². The van der Waals surface area contributed by atoms with Crippen LogP contribution in [0, 0.1) is 5.92 Å². The molecule has 2 aliphatic heterocycles. The first-order chi connectivity index (χ1) is 11.9. The molecule has 2 saturated heterocycles. The van der Waals surface area contributed by atoms with E-state index in [0.717, 1.165) is 44.8 Å². The maximum absolute atomic E-state index is 12.5. The third-order valence-corrected chi connectivity index (χ3v) is 5.14. The molecule has 5 heteroatoms. The number of amides is 1. The number of likely N-dealkylation sites (tertiary alicyclic amines) is 2. The van der Waals surface area contributed by atoms with E-state index in [-0.39, 0.29) is 12.1 Å². The van der Waals surface area contributed by atoms with Crippen molar-refractivity contribution in [1.82, 2.24) is 9.80 Å². The number of carbonyl (C=O) groups is 1. The topological polar surface area (TPSA) is 42.0 Å². The van der Waals surface area contributed by atoms with E-state index in [4.69, 9.17) is 9.47 Å². The quantitative estimate of drug-likeness (QED) is 0.840. The van der Waals surface area contributed by atoms with Crippen molar-refractivity contribution < 1.29 is 14.3 Å². The lowest BCUT2D eigenvalue weighted by atomic mass is 9.92. The predicted octanol–water partition coefficient (Wildman–Crippen LogP) is 3.53. The van der Waals surface area contributed by atoms with Gasteiger partial charge in [0.15, 0.2) is 0 Å². The Bertz CT molecular complexity index is 594. The zero-order chi connectivity index (χ0) is 18.0. The molecule has 1 amide bonds. The number of piperidine rings is 1. The van der Waals surface area contributed by atoms with Crippen LogP contribution in [0.15, 0.2) is 24.3 Å². The molecular formula is C20H30N2O3. The summed E-state index contributed by atoms with van der Waals surface area (Å²) in [5, 5.41) is 0. The molecule has 0 saturated carbocycles. The number of ether oxygens (including phenoxy) is 2. The minimum atomic E-state index is -0.438. The minimum Gasteiger partial charge on any atom is -0.497 e. The molecule has 2 aliphatic rings. The van der Waals surface area contributed by atoms with E-state index >= 15 is 0 Å². The lowest BCUT2D eigenvalue weighted by molar-refractivity contribution is 0.0120. The third kappa shape index (κ3) is 4.46. The molecule has 0 aromatic heterocycles. The first kappa shape index (κ1) is 18.1. The molecule has 0 spiro atoms. The van der Waals surface area contributed by atoms with Gasteiger partial charge in [-0.05, 0) is 63.8 Å². The van der Waals surface area contributed by atoms with Crippen molar-refractivity contribution in [2.24, 2.45) is 5.92 Å². The average Bonchev–Trinajstić information content (AvgIpc) is 2.97. The lowest BCUT2D eigenvalue weighted by Crippen LogP contribution is -2.50. The van der Waals surface area contributed by atoms with E-state index in [1.165, 1.54) is 5.56 Å². The molecule has 0 radical (unpaired) electrons. The predicted molar refractivity (Wildman–Crippen MR) is 97.7 cm³/mol. The molecule has 3 rings (SSSR count). The van der Waals surface area contributed by atoms with Gasteiger partial charge in [0.1, 0.15) is 11.4 Å². The second-order valence-corrected chi connectivity index (χ2v) is 8.16. The van der Waals surface area contributed by atoms with Gasteiger partial charge in [-0.25, -0.2) is 4.79 Å². The number of hydrogen-bond donors (Lipinski definition) is 0. The van der Waals surface area contributed by atoms with E-state index in [1.54, 1.807) is 7.11 Å². The third-order valence-electron chi connectivity index (χ3n) is 5.14. The Labute approximate surface area is 150 Å². The van der Waals surface area contributed by atoms with Crippen LogP contribution in [0.3, 0.4) is 0 Å². The van der Waals surface area contributed by atoms with Gasteiger partial charge >= 0.3 is 6.09 Å². The molecule has 0 bridgehead atoms. The normalized spacial score (nSPS) is 24.1. The van der Waals surface area contributed by atoms with Gasteiger partial charge in [0.25, 0.3) is 0 Å². The van der Waals surface area contributed by atoms with Crippen LogP contribution in [-0.2, 0) is 11.3 Å². The number of fused-ring (bicyclic) bond motifs is 1. The number of rotatable bonds is 3. The first-order valence-corrected chi connectivity index (χ1v) is 9.20. The second-order valence-electron chi connectivity index (χ2n) is 8.16. The van der Waals surface area contributed by atoms with Crippen LogP contribution in [0.25, 0.3) is 0 Å². The molecule has 5 nitrogen and oxygen atoms in total. The highest BCUT2D eigenvalue weighted by Gasteiger charge is 2.41. The minimum absolute atomic E-state index is 0.161. The molecular weight excluding hydrogens is 316 g/mol. The number of hydrogen-bond acceptors (Lipinski definition) is 4. The summed E-state index contributed by atoms with van der Waals surface area (Å²) in [6.45, 7) is 9.53. The van der Waals surface area contributed by atoms with Crippen molar-refractivity contribution in [2.75, 3.05) is 26.7 Å². The molecule has 25 heavy (non-hydrogen) atoms. The zero-order valence-corrected chi connectivity index (χ0v) is 15.8. The Morgan fingerprint density at radius 2 is 1.84 bits per heavy atom.